The number of benzene rings is 3. The van der Waals surface area contributed by atoms with E-state index in [1.165, 1.54) is 5.56 Å². The summed E-state index contributed by atoms with van der Waals surface area (Å²) in [6.45, 7) is 5.23. The van der Waals surface area contributed by atoms with Crippen molar-refractivity contribution in [2.45, 2.75) is 33.4 Å². The Labute approximate surface area is 186 Å². The molecule has 2 aromatic heterocycles. The molecule has 0 saturated heterocycles. The molecule has 1 amide bonds. The molecule has 5 aromatic rings. The zero-order valence-corrected chi connectivity index (χ0v) is 18.3. The van der Waals surface area contributed by atoms with Crippen molar-refractivity contribution in [2.24, 2.45) is 0 Å². The number of rotatable bonds is 6. The lowest BCUT2D eigenvalue weighted by atomic mass is 10.0. The summed E-state index contributed by atoms with van der Waals surface area (Å²) in [4.78, 5) is 12.8. The Balaban J connectivity index is 1.31. The predicted octanol–water partition coefficient (Wildman–Crippen LogP) is 5.31. The van der Waals surface area contributed by atoms with Crippen molar-refractivity contribution in [3.05, 3.63) is 101 Å². The van der Waals surface area contributed by atoms with E-state index in [9.17, 15) is 4.79 Å². The molecule has 0 aliphatic heterocycles. The first kappa shape index (κ1) is 20.1. The zero-order chi connectivity index (χ0) is 22.1. The molecule has 0 radical (unpaired) electrons. The minimum atomic E-state index is -0.0322. The van der Waals surface area contributed by atoms with E-state index in [0.29, 0.717) is 6.54 Å². The molecule has 0 spiro atoms. The number of fused-ring (bicyclic) bond motifs is 3. The van der Waals surface area contributed by atoms with Gasteiger partial charge < -0.3 is 9.73 Å². The minimum Gasteiger partial charge on any atom is -0.464 e. The van der Waals surface area contributed by atoms with Crippen molar-refractivity contribution in [1.29, 1.82) is 0 Å². The van der Waals surface area contributed by atoms with Crippen LogP contribution >= 0.6 is 0 Å². The van der Waals surface area contributed by atoms with Crippen LogP contribution in [0.5, 0.6) is 0 Å². The van der Waals surface area contributed by atoms with Gasteiger partial charge in [-0.25, -0.2) is 0 Å². The summed E-state index contributed by atoms with van der Waals surface area (Å²) in [5.74, 6) is -0.0322. The molecule has 2 heterocycles. The number of aromatic nitrogens is 2. The molecule has 0 saturated carbocycles. The number of aryl methyl sites for hydroxylation is 1. The molecule has 0 unspecified atom stereocenters. The van der Waals surface area contributed by atoms with Crippen molar-refractivity contribution in [3.63, 3.8) is 0 Å². The smallest absolute Gasteiger partial charge is 0.224 e. The summed E-state index contributed by atoms with van der Waals surface area (Å²) in [6, 6.07) is 22.4. The van der Waals surface area contributed by atoms with Gasteiger partial charge in [0.1, 0.15) is 5.58 Å². The highest BCUT2D eigenvalue weighted by Gasteiger charge is 2.16. The van der Waals surface area contributed by atoms with E-state index in [-0.39, 0.29) is 12.3 Å². The number of nitrogens with one attached hydrogen (secondary N) is 1. The van der Waals surface area contributed by atoms with Crippen LogP contribution < -0.4 is 5.32 Å². The lowest BCUT2D eigenvalue weighted by Crippen LogP contribution is -2.25. The van der Waals surface area contributed by atoms with Crippen LogP contribution in [-0.4, -0.2) is 15.7 Å². The van der Waals surface area contributed by atoms with Crippen molar-refractivity contribution in [2.75, 3.05) is 0 Å². The second-order valence-electron chi connectivity index (χ2n) is 8.17. The van der Waals surface area contributed by atoms with E-state index in [0.717, 1.165) is 50.8 Å². The number of hydrogen-bond donors (Lipinski definition) is 1. The lowest BCUT2D eigenvalue weighted by molar-refractivity contribution is -0.120. The summed E-state index contributed by atoms with van der Waals surface area (Å²) in [6.07, 6.45) is 1.97. The molecule has 3 aromatic carbocycles. The molecule has 1 N–H and O–H groups in total. The fourth-order valence-electron chi connectivity index (χ4n) is 4.33. The summed E-state index contributed by atoms with van der Waals surface area (Å²) in [5.41, 5.74) is 6.00. The maximum atomic E-state index is 12.8. The van der Waals surface area contributed by atoms with Gasteiger partial charge in [-0.05, 0) is 36.2 Å². The second-order valence-corrected chi connectivity index (χ2v) is 8.17. The topological polar surface area (TPSA) is 60.1 Å². The summed E-state index contributed by atoms with van der Waals surface area (Å²) < 4.78 is 7.73. The van der Waals surface area contributed by atoms with Crippen LogP contribution in [0.3, 0.4) is 0 Å². The Morgan fingerprint density at radius 2 is 1.78 bits per heavy atom. The summed E-state index contributed by atoms with van der Waals surface area (Å²) in [7, 11) is 0. The van der Waals surface area contributed by atoms with Crippen molar-refractivity contribution >= 4 is 27.6 Å². The van der Waals surface area contributed by atoms with Crippen LogP contribution in [0.1, 0.15) is 28.1 Å². The molecule has 160 valence electrons. The number of carbonyl (C=O) groups is 1. The largest absolute Gasteiger partial charge is 0.464 e. The third kappa shape index (κ3) is 3.78. The first-order valence-electron chi connectivity index (χ1n) is 10.8. The van der Waals surface area contributed by atoms with E-state index >= 15 is 0 Å². The average Bonchev–Trinajstić information content (AvgIpc) is 3.33. The number of nitrogens with zero attached hydrogens (tertiary/aromatic N) is 2. The Hall–Kier alpha value is -3.86. The number of carbonyl (C=O) groups excluding carboxylic acids is 1. The van der Waals surface area contributed by atoms with E-state index < -0.39 is 0 Å². The maximum absolute atomic E-state index is 12.8. The van der Waals surface area contributed by atoms with Crippen LogP contribution in [0.15, 0.2) is 77.4 Å². The van der Waals surface area contributed by atoms with Gasteiger partial charge in [-0.2, -0.15) is 5.10 Å². The molecular weight excluding hydrogens is 398 g/mol. The summed E-state index contributed by atoms with van der Waals surface area (Å²) in [5, 5.41) is 11.0. The van der Waals surface area contributed by atoms with E-state index in [1.54, 1.807) is 6.26 Å². The molecule has 0 aliphatic rings. The fourth-order valence-corrected chi connectivity index (χ4v) is 4.33. The number of furan rings is 1. The van der Waals surface area contributed by atoms with Gasteiger partial charge in [0, 0.05) is 28.8 Å². The van der Waals surface area contributed by atoms with Crippen LogP contribution in [0.4, 0.5) is 0 Å². The van der Waals surface area contributed by atoms with Gasteiger partial charge in [-0.3, -0.25) is 9.48 Å². The third-order valence-corrected chi connectivity index (χ3v) is 6.06. The Kier molecular flexibility index (Phi) is 5.23. The second kappa shape index (κ2) is 8.35. The monoisotopic (exact) mass is 423 g/mol. The van der Waals surface area contributed by atoms with E-state index in [2.05, 4.69) is 41.6 Å². The van der Waals surface area contributed by atoms with Crippen LogP contribution in [0.25, 0.3) is 21.7 Å². The Bertz CT molecular complexity index is 1410. The molecule has 5 nitrogen and oxygen atoms in total. The number of amides is 1. The van der Waals surface area contributed by atoms with Crippen molar-refractivity contribution in [1.82, 2.24) is 15.1 Å². The van der Waals surface area contributed by atoms with Crippen LogP contribution in [-0.2, 0) is 24.3 Å². The molecule has 5 rings (SSSR count). The van der Waals surface area contributed by atoms with Crippen molar-refractivity contribution in [3.8, 4) is 0 Å². The Morgan fingerprint density at radius 3 is 2.62 bits per heavy atom. The summed E-state index contributed by atoms with van der Waals surface area (Å²) >= 11 is 0. The SMILES string of the molecule is Cc1nn(Cc2ccccc2)c(C)c1CNC(=O)Cc1coc2ccc3ccccc3c12. The first-order valence-corrected chi connectivity index (χ1v) is 10.8. The maximum Gasteiger partial charge on any atom is 0.224 e. The fraction of sp³-hybridized carbons (Fsp3) is 0.185. The molecule has 0 bridgehead atoms. The van der Waals surface area contributed by atoms with Crippen molar-refractivity contribution < 1.29 is 9.21 Å². The normalized spacial score (nSPS) is 11.3. The van der Waals surface area contributed by atoms with Gasteiger partial charge in [-0.1, -0.05) is 60.7 Å². The molecule has 0 fully saturated rings. The van der Waals surface area contributed by atoms with E-state index in [1.807, 2.05) is 54.1 Å². The number of hydrogen-bond acceptors (Lipinski definition) is 3. The van der Waals surface area contributed by atoms with Crippen LogP contribution in [0.2, 0.25) is 0 Å². The molecule has 0 atom stereocenters. The van der Waals surface area contributed by atoms with Gasteiger partial charge in [0.2, 0.25) is 5.91 Å². The van der Waals surface area contributed by atoms with Gasteiger partial charge in [0.25, 0.3) is 0 Å². The lowest BCUT2D eigenvalue weighted by Gasteiger charge is -2.08. The van der Waals surface area contributed by atoms with Gasteiger partial charge in [0.05, 0.1) is 24.9 Å². The third-order valence-electron chi connectivity index (χ3n) is 6.06. The van der Waals surface area contributed by atoms with Gasteiger partial charge >= 0.3 is 0 Å². The highest BCUT2D eigenvalue weighted by atomic mass is 16.3. The van der Waals surface area contributed by atoms with Gasteiger partial charge in [-0.15, -0.1) is 0 Å². The Morgan fingerprint density at radius 1 is 1.00 bits per heavy atom. The highest BCUT2D eigenvalue weighted by Crippen LogP contribution is 2.30. The van der Waals surface area contributed by atoms with Gasteiger partial charge in [0.15, 0.2) is 0 Å². The minimum absolute atomic E-state index is 0.0322. The molecular formula is C27H25N3O2. The quantitative estimate of drug-likeness (QED) is 0.403. The highest BCUT2D eigenvalue weighted by molar-refractivity contribution is 6.08. The molecule has 0 aliphatic carbocycles. The molecule has 5 heteroatoms. The predicted molar refractivity (Wildman–Crippen MR) is 127 cm³/mol. The standard InChI is InChI=1S/C27H25N3O2/c1-18-24(19(2)30(29-18)16-20-8-4-3-5-9-20)15-28-26(31)14-22-17-32-25-13-12-21-10-6-7-11-23(21)27(22)25/h3-13,17H,14-16H2,1-2H3,(H,28,31). The first-order chi connectivity index (χ1) is 15.6. The zero-order valence-electron chi connectivity index (χ0n) is 18.3. The van der Waals surface area contributed by atoms with E-state index in [4.69, 9.17) is 4.42 Å². The molecule has 32 heavy (non-hydrogen) atoms. The van der Waals surface area contributed by atoms with Crippen LogP contribution in [0, 0.1) is 13.8 Å². The average molecular weight is 424 g/mol.